The zero-order valence-corrected chi connectivity index (χ0v) is 42.8. The number of hydrogen-bond donors (Lipinski definition) is 4. The molecule has 2 atom stereocenters. The lowest BCUT2D eigenvalue weighted by Crippen LogP contribution is -2.54. The summed E-state index contributed by atoms with van der Waals surface area (Å²) in [6.07, 6.45) is 11.2. The molecule has 1 spiro atoms. The lowest BCUT2D eigenvalue weighted by molar-refractivity contribution is -0.384. The number of ether oxygens (including phenoxy) is 3. The summed E-state index contributed by atoms with van der Waals surface area (Å²) in [5, 5.41) is 27.0. The van der Waals surface area contributed by atoms with Crippen LogP contribution in [0.5, 0.6) is 23.1 Å². The van der Waals surface area contributed by atoms with Crippen molar-refractivity contribution >= 4 is 44.0 Å². The third kappa shape index (κ3) is 10.2. The molecule has 5 heterocycles. The molecule has 0 radical (unpaired) electrons. The van der Waals surface area contributed by atoms with Crippen molar-refractivity contribution in [1.82, 2.24) is 24.5 Å². The predicted molar refractivity (Wildman–Crippen MR) is 276 cm³/mol. The maximum atomic E-state index is 14.4. The molecule has 17 nitrogen and oxygen atoms in total. The Kier molecular flexibility index (Phi) is 13.7. The first kappa shape index (κ1) is 49.6. The SMILES string of the molecule is CC(C)c1ccccc1[C@H]1CCCN1C1CC2(CCN(c3ccc(C(=O)NS(=O)(=O)c4cc5c(c([N+](=O)[O-])c4)N[C@@H]([C@H]4CC[C@](C)(O)CC4)CO5)c(Oc4cc5cc[nH]c5nc4OCCN(C)C)c3)CC2)C1. The summed E-state index contributed by atoms with van der Waals surface area (Å²) in [5.41, 5.74) is 3.35. The van der Waals surface area contributed by atoms with Crippen LogP contribution in [0.3, 0.4) is 0 Å². The molecule has 2 saturated heterocycles. The topological polar surface area (TPSA) is 205 Å². The molecule has 0 unspecified atom stereocenters. The summed E-state index contributed by atoms with van der Waals surface area (Å²) in [7, 11) is -0.848. The van der Waals surface area contributed by atoms with E-state index in [2.05, 4.69) is 62.9 Å². The van der Waals surface area contributed by atoms with Gasteiger partial charge in [-0.15, -0.1) is 0 Å². The number of nitro benzene ring substituents is 1. The van der Waals surface area contributed by atoms with Crippen LogP contribution in [0.4, 0.5) is 17.1 Å². The highest BCUT2D eigenvalue weighted by Gasteiger charge is 2.50. The number of piperidine rings is 1. The van der Waals surface area contributed by atoms with Crippen LogP contribution in [0, 0.1) is 21.4 Å². The van der Waals surface area contributed by atoms with Crippen molar-refractivity contribution < 1.29 is 37.5 Å². The molecule has 2 aliphatic carbocycles. The number of fused-ring (bicyclic) bond motifs is 2. The van der Waals surface area contributed by atoms with Gasteiger partial charge in [0.15, 0.2) is 17.2 Å². The molecule has 2 aromatic heterocycles. The van der Waals surface area contributed by atoms with E-state index in [1.165, 1.54) is 42.9 Å². The van der Waals surface area contributed by atoms with Crippen LogP contribution >= 0.6 is 0 Å². The number of carbonyl (C=O) groups excluding carboxylic acids is 1. The molecule has 2 saturated carbocycles. The number of anilines is 2. The predicted octanol–water partition coefficient (Wildman–Crippen LogP) is 9.15. The zero-order chi connectivity index (χ0) is 50.5. The van der Waals surface area contributed by atoms with Gasteiger partial charge >= 0.3 is 0 Å². The lowest BCUT2D eigenvalue weighted by Gasteiger charge is -2.56. The Morgan fingerprint density at radius 2 is 1.78 bits per heavy atom. The second-order valence-corrected chi connectivity index (χ2v) is 23.5. The maximum Gasteiger partial charge on any atom is 0.297 e. The van der Waals surface area contributed by atoms with Crippen LogP contribution in [-0.4, -0.2) is 115 Å². The van der Waals surface area contributed by atoms with Gasteiger partial charge < -0.3 is 39.4 Å². The number of likely N-dealkylation sites (N-methyl/N-ethyl adjacent to an activating group) is 1. The van der Waals surface area contributed by atoms with E-state index in [4.69, 9.17) is 19.2 Å². The van der Waals surface area contributed by atoms with E-state index in [1.807, 2.05) is 38.1 Å². The number of carbonyl (C=O) groups is 1. The molecule has 18 heteroatoms. The molecule has 1 amide bonds. The third-order valence-electron chi connectivity index (χ3n) is 16.2. The van der Waals surface area contributed by atoms with Crippen LogP contribution in [0.25, 0.3) is 11.0 Å². The minimum Gasteiger partial charge on any atom is -0.489 e. The van der Waals surface area contributed by atoms with Gasteiger partial charge in [0.25, 0.3) is 27.5 Å². The fourth-order valence-corrected chi connectivity index (χ4v) is 13.0. The van der Waals surface area contributed by atoms with E-state index < -0.39 is 37.0 Å². The maximum absolute atomic E-state index is 14.4. The molecule has 384 valence electrons. The van der Waals surface area contributed by atoms with Gasteiger partial charge in [0.2, 0.25) is 0 Å². The third-order valence-corrected chi connectivity index (χ3v) is 17.5. The van der Waals surface area contributed by atoms with Crippen molar-refractivity contribution in [3.05, 3.63) is 99.7 Å². The molecule has 10 rings (SSSR count). The highest BCUT2D eigenvalue weighted by Crippen LogP contribution is 2.54. The van der Waals surface area contributed by atoms with E-state index in [0.29, 0.717) is 62.5 Å². The monoisotopic (exact) mass is 1000 g/mol. The number of aromatic amines is 1. The highest BCUT2D eigenvalue weighted by atomic mass is 32.2. The minimum absolute atomic E-state index is 0.00714. The zero-order valence-electron chi connectivity index (χ0n) is 42.0. The number of hydrogen-bond acceptors (Lipinski definition) is 14. The van der Waals surface area contributed by atoms with Crippen LogP contribution in [-0.2, 0) is 10.0 Å². The number of nitrogens with zero attached hydrogens (tertiary/aromatic N) is 5. The molecule has 4 fully saturated rings. The average molecular weight is 1010 g/mol. The van der Waals surface area contributed by atoms with Gasteiger partial charge in [0, 0.05) is 67.2 Å². The average Bonchev–Trinajstić information content (AvgIpc) is 4.02. The van der Waals surface area contributed by atoms with E-state index in [-0.39, 0.29) is 58.4 Å². The van der Waals surface area contributed by atoms with E-state index in [9.17, 15) is 28.4 Å². The number of nitro groups is 1. The lowest BCUT2D eigenvalue weighted by atomic mass is 9.59. The first-order chi connectivity index (χ1) is 34.4. The van der Waals surface area contributed by atoms with Gasteiger partial charge in [0.1, 0.15) is 24.6 Å². The second kappa shape index (κ2) is 19.8. The Hall–Kier alpha value is -5.95. The number of likely N-dealkylation sites (tertiary alicyclic amines) is 1. The van der Waals surface area contributed by atoms with Gasteiger partial charge in [-0.3, -0.25) is 19.8 Å². The Morgan fingerprint density at radius 1 is 1.01 bits per heavy atom. The van der Waals surface area contributed by atoms with Crippen LogP contribution in [0.1, 0.15) is 118 Å². The largest absolute Gasteiger partial charge is 0.489 e. The number of benzene rings is 3. The summed E-state index contributed by atoms with van der Waals surface area (Å²) in [4.78, 5) is 40.6. The number of aliphatic hydroxyl groups is 1. The Labute approximate surface area is 421 Å². The molecular formula is C54H68N8O9S. The van der Waals surface area contributed by atoms with Crippen molar-refractivity contribution in [3.63, 3.8) is 0 Å². The number of aromatic nitrogens is 2. The Morgan fingerprint density at radius 3 is 2.51 bits per heavy atom. The number of pyridine rings is 1. The first-order valence-electron chi connectivity index (χ1n) is 25.6. The molecule has 3 aliphatic heterocycles. The second-order valence-electron chi connectivity index (χ2n) is 21.8. The first-order valence-corrected chi connectivity index (χ1v) is 27.1. The van der Waals surface area contributed by atoms with Crippen LogP contribution in [0.2, 0.25) is 0 Å². The number of nitrogens with one attached hydrogen (secondary N) is 3. The smallest absolute Gasteiger partial charge is 0.297 e. The summed E-state index contributed by atoms with van der Waals surface area (Å²) >= 11 is 0. The molecule has 5 aliphatic rings. The standard InChI is InChI=1S/C54H68N8O9S/c1-34(2)40-9-6-7-10-41(40)44-11-8-22-61(44)38-31-54(32-38)19-23-60(24-20-54)37-12-13-42(46(28-37)71-48-27-36-16-21-55-50(36)57-52(48)69-26-25-59(4)5)51(63)58-72(67,68)39-29-45(62(65)66)49-47(30-39)70-33-43(56-49)35-14-17-53(3,64)18-15-35/h6-7,9-10,12-13,16,21,27-30,34-35,38,43-44,56,64H,8,11,14-15,17-20,22-26,31-33H2,1-5H3,(H,55,57)(H,58,63)/t35-,43-,44-,53-/m1/s1. The molecule has 5 aromatic rings. The Bertz CT molecular complexity index is 2930. The van der Waals surface area contributed by atoms with Gasteiger partial charge in [-0.2, -0.15) is 4.98 Å². The van der Waals surface area contributed by atoms with Crippen molar-refractivity contribution in [2.75, 3.05) is 63.7 Å². The van der Waals surface area contributed by atoms with E-state index in [1.54, 1.807) is 24.4 Å². The molecule has 4 N–H and O–H groups in total. The van der Waals surface area contributed by atoms with Crippen molar-refractivity contribution in [1.29, 1.82) is 0 Å². The van der Waals surface area contributed by atoms with Gasteiger partial charge in [-0.05, 0) is 144 Å². The molecule has 3 aromatic carbocycles. The molecular weight excluding hydrogens is 937 g/mol. The summed E-state index contributed by atoms with van der Waals surface area (Å²) in [5.74, 6) is 0.0786. The summed E-state index contributed by atoms with van der Waals surface area (Å²) < 4.78 is 49.3. The summed E-state index contributed by atoms with van der Waals surface area (Å²) in [6.45, 7) is 10.2. The molecule has 0 bridgehead atoms. The van der Waals surface area contributed by atoms with Crippen LogP contribution < -0.4 is 29.1 Å². The fourth-order valence-electron chi connectivity index (χ4n) is 12.0. The quantitative estimate of drug-likeness (QED) is 0.0571. The van der Waals surface area contributed by atoms with Gasteiger partial charge in [-0.1, -0.05) is 38.1 Å². The van der Waals surface area contributed by atoms with Gasteiger partial charge in [0.05, 0.1) is 27.0 Å². The minimum atomic E-state index is -4.71. The number of H-pyrrole nitrogens is 1. The van der Waals surface area contributed by atoms with Crippen molar-refractivity contribution in [2.45, 2.75) is 120 Å². The normalized spacial score (nSPS) is 23.4. The Balaban J connectivity index is 0.892. The summed E-state index contributed by atoms with van der Waals surface area (Å²) in [6, 6.07) is 20.6. The van der Waals surface area contributed by atoms with E-state index >= 15 is 0 Å². The highest BCUT2D eigenvalue weighted by molar-refractivity contribution is 7.90. The van der Waals surface area contributed by atoms with Crippen LogP contribution in [0.15, 0.2) is 77.8 Å². The van der Waals surface area contributed by atoms with E-state index in [0.717, 1.165) is 49.6 Å². The van der Waals surface area contributed by atoms with Crippen molar-refractivity contribution in [2.24, 2.45) is 11.3 Å². The van der Waals surface area contributed by atoms with Gasteiger partial charge in [-0.25, -0.2) is 13.1 Å². The molecule has 72 heavy (non-hydrogen) atoms. The number of amides is 1. The number of rotatable bonds is 15. The fraction of sp³-hybridized carbons (Fsp3) is 0.519. The van der Waals surface area contributed by atoms with Crippen molar-refractivity contribution in [3.8, 4) is 23.1 Å². The number of sulfonamides is 1.